The average Bonchev–Trinajstić information content (AvgIpc) is 3.18. The second-order valence-electron chi connectivity index (χ2n) is 11.6. The maximum atomic E-state index is 14.4. The van der Waals surface area contributed by atoms with Crippen molar-refractivity contribution in [2.75, 3.05) is 23.4 Å². The molecule has 0 saturated carbocycles. The molecule has 45 heavy (non-hydrogen) atoms. The summed E-state index contributed by atoms with van der Waals surface area (Å²) < 4.78 is 0. The highest BCUT2D eigenvalue weighted by atomic mass is 16.2. The number of carbonyl (C=O) groups is 4. The van der Waals surface area contributed by atoms with Crippen molar-refractivity contribution in [2.45, 2.75) is 58.7 Å². The number of anilines is 2. The van der Waals surface area contributed by atoms with Crippen LogP contribution in [-0.4, -0.2) is 49.2 Å². The van der Waals surface area contributed by atoms with Crippen molar-refractivity contribution in [3.05, 3.63) is 107 Å². The lowest BCUT2D eigenvalue weighted by Crippen LogP contribution is -2.55. The Morgan fingerprint density at radius 2 is 1.56 bits per heavy atom. The van der Waals surface area contributed by atoms with Gasteiger partial charge in [-0.3, -0.25) is 19.2 Å². The number of likely N-dealkylation sites (N-methyl/N-ethyl adjacent to an activating group) is 1. The fourth-order valence-electron chi connectivity index (χ4n) is 5.73. The third-order valence-electron chi connectivity index (χ3n) is 8.58. The molecule has 0 aromatic heterocycles. The lowest BCUT2D eigenvalue weighted by Gasteiger charge is -2.27. The van der Waals surface area contributed by atoms with Crippen LogP contribution in [-0.2, 0) is 16.1 Å². The molecule has 0 unspecified atom stereocenters. The van der Waals surface area contributed by atoms with Crippen molar-refractivity contribution in [2.24, 2.45) is 0 Å². The molecule has 4 aromatic rings. The molecule has 0 aliphatic carbocycles. The number of ketones is 1. The van der Waals surface area contributed by atoms with Crippen LogP contribution in [0, 0.1) is 6.92 Å². The molecular formula is C37H40N4O4. The van der Waals surface area contributed by atoms with Crippen LogP contribution in [0.3, 0.4) is 0 Å². The van der Waals surface area contributed by atoms with Crippen LogP contribution in [0.1, 0.15) is 65.0 Å². The van der Waals surface area contributed by atoms with E-state index in [1.807, 2.05) is 68.4 Å². The Hall–Kier alpha value is -4.82. The molecule has 0 radical (unpaired) electrons. The molecule has 1 aliphatic rings. The Labute approximate surface area is 264 Å². The van der Waals surface area contributed by atoms with Gasteiger partial charge in [0.25, 0.3) is 11.8 Å². The van der Waals surface area contributed by atoms with Crippen LogP contribution in [0.15, 0.2) is 84.9 Å². The van der Waals surface area contributed by atoms with Gasteiger partial charge in [-0.25, -0.2) is 0 Å². The minimum atomic E-state index is -1.00. The lowest BCUT2D eigenvalue weighted by atomic mass is 9.99. The molecule has 0 spiro atoms. The summed E-state index contributed by atoms with van der Waals surface area (Å²) in [5, 5.41) is 7.94. The zero-order chi connectivity index (χ0) is 32.1. The predicted molar refractivity (Wildman–Crippen MR) is 179 cm³/mol. The summed E-state index contributed by atoms with van der Waals surface area (Å²) in [6.45, 7) is 5.98. The summed E-state index contributed by atoms with van der Waals surface area (Å²) in [5.74, 6) is -0.932. The Kier molecular flexibility index (Phi) is 9.74. The lowest BCUT2D eigenvalue weighted by molar-refractivity contribution is -0.128. The molecule has 1 heterocycles. The molecule has 2 atom stereocenters. The Morgan fingerprint density at radius 3 is 2.27 bits per heavy atom. The highest BCUT2D eigenvalue weighted by molar-refractivity contribution is 6.13. The number of nitrogens with one attached hydrogen (secondary N) is 2. The van der Waals surface area contributed by atoms with Crippen molar-refractivity contribution in [1.82, 2.24) is 10.6 Å². The van der Waals surface area contributed by atoms with Gasteiger partial charge in [0.1, 0.15) is 6.04 Å². The van der Waals surface area contributed by atoms with Gasteiger partial charge in [-0.05, 0) is 73.5 Å². The number of hydrogen-bond donors (Lipinski definition) is 2. The van der Waals surface area contributed by atoms with Gasteiger partial charge < -0.3 is 20.4 Å². The molecule has 1 aliphatic heterocycles. The van der Waals surface area contributed by atoms with E-state index in [1.54, 1.807) is 48.0 Å². The van der Waals surface area contributed by atoms with E-state index < -0.39 is 12.1 Å². The van der Waals surface area contributed by atoms with Gasteiger partial charge in [-0.15, -0.1) is 0 Å². The number of amides is 3. The topological polar surface area (TPSA) is 98.8 Å². The van der Waals surface area contributed by atoms with Crippen LogP contribution < -0.4 is 20.4 Å². The van der Waals surface area contributed by atoms with E-state index in [-0.39, 0.29) is 36.6 Å². The van der Waals surface area contributed by atoms with E-state index in [4.69, 9.17) is 0 Å². The number of rotatable bonds is 10. The number of aryl methyl sites for hydroxylation is 1. The molecule has 0 saturated heterocycles. The van der Waals surface area contributed by atoms with Crippen LogP contribution in [0.5, 0.6) is 0 Å². The van der Waals surface area contributed by atoms with Crippen molar-refractivity contribution >= 4 is 45.7 Å². The van der Waals surface area contributed by atoms with Crippen molar-refractivity contribution in [1.29, 1.82) is 0 Å². The van der Waals surface area contributed by atoms with Crippen molar-refractivity contribution < 1.29 is 19.2 Å². The molecule has 5 rings (SSSR count). The first-order valence-electron chi connectivity index (χ1n) is 15.5. The van der Waals surface area contributed by atoms with E-state index in [9.17, 15) is 19.2 Å². The summed E-state index contributed by atoms with van der Waals surface area (Å²) in [6, 6.07) is 24.7. The number of benzene rings is 4. The molecule has 0 bridgehead atoms. The maximum absolute atomic E-state index is 14.4. The molecular weight excluding hydrogens is 564 g/mol. The summed E-state index contributed by atoms with van der Waals surface area (Å²) >= 11 is 0. The zero-order valence-electron chi connectivity index (χ0n) is 26.3. The third-order valence-corrected chi connectivity index (χ3v) is 8.58. The summed E-state index contributed by atoms with van der Waals surface area (Å²) in [7, 11) is 1.68. The van der Waals surface area contributed by atoms with Gasteiger partial charge in [-0.2, -0.15) is 0 Å². The van der Waals surface area contributed by atoms with Gasteiger partial charge in [0.15, 0.2) is 5.78 Å². The number of unbranched alkanes of at least 4 members (excludes halogenated alkanes) is 1. The van der Waals surface area contributed by atoms with E-state index in [0.29, 0.717) is 28.9 Å². The highest BCUT2D eigenvalue weighted by Crippen LogP contribution is 2.36. The minimum Gasteiger partial charge on any atom is -0.341 e. The third kappa shape index (κ3) is 6.66. The number of fused-ring (bicyclic) bond motifs is 2. The monoisotopic (exact) mass is 604 g/mol. The van der Waals surface area contributed by atoms with Gasteiger partial charge in [-0.1, -0.05) is 74.0 Å². The number of hydrogen-bond acceptors (Lipinski definition) is 5. The number of nitrogens with zero attached hydrogens (tertiary/aromatic N) is 2. The molecule has 232 valence electrons. The fourth-order valence-corrected chi connectivity index (χ4v) is 5.73. The number of Topliss-reactive ketones (excluding diaryl/α,β-unsaturated/α-hetero) is 1. The van der Waals surface area contributed by atoms with E-state index in [2.05, 4.69) is 16.7 Å². The van der Waals surface area contributed by atoms with Crippen LogP contribution in [0.4, 0.5) is 11.4 Å². The van der Waals surface area contributed by atoms with Gasteiger partial charge >= 0.3 is 0 Å². The molecule has 3 amide bonds. The van der Waals surface area contributed by atoms with Crippen molar-refractivity contribution in [3.8, 4) is 0 Å². The summed E-state index contributed by atoms with van der Waals surface area (Å²) in [6.07, 6.45) is 2.20. The second kappa shape index (κ2) is 13.9. The first kappa shape index (κ1) is 31.6. The standard InChI is InChI=1S/C37H40N4O4/c1-5-6-15-34(42)27-18-20-28(21-19-27)36(44)41-23-31(39-35(43)25(3)38-4)37(45)40(32-13-9-10-14-33(32)41)22-30-24(2)16-17-26-11-7-8-12-29(26)30/h7-14,16-21,25,31,38H,5-6,15,22-23H2,1-4H3,(H,39,43)/t25-,31-/m0/s1. The molecule has 4 aromatic carbocycles. The first-order valence-corrected chi connectivity index (χ1v) is 15.5. The molecule has 8 heteroatoms. The quantitative estimate of drug-likeness (QED) is 0.223. The smallest absolute Gasteiger partial charge is 0.258 e. The number of para-hydroxylation sites is 2. The van der Waals surface area contributed by atoms with Crippen LogP contribution in [0.2, 0.25) is 0 Å². The summed E-state index contributed by atoms with van der Waals surface area (Å²) in [4.78, 5) is 57.5. The maximum Gasteiger partial charge on any atom is 0.258 e. The van der Waals surface area contributed by atoms with E-state index in [1.165, 1.54) is 0 Å². The second-order valence-corrected chi connectivity index (χ2v) is 11.6. The van der Waals surface area contributed by atoms with Gasteiger partial charge in [0, 0.05) is 17.5 Å². The normalized spacial score (nSPS) is 15.4. The largest absolute Gasteiger partial charge is 0.341 e. The van der Waals surface area contributed by atoms with Crippen LogP contribution >= 0.6 is 0 Å². The first-order chi connectivity index (χ1) is 21.7. The minimum absolute atomic E-state index is 0.0439. The van der Waals surface area contributed by atoms with E-state index >= 15 is 0 Å². The van der Waals surface area contributed by atoms with E-state index in [0.717, 1.165) is 34.7 Å². The number of carbonyl (C=O) groups excluding carboxylic acids is 4. The SMILES string of the molecule is CCCCC(=O)c1ccc(C(=O)N2C[C@H](NC(=O)[C@H](C)NC)C(=O)N(Cc3c(C)ccc4ccccc34)c3ccccc32)cc1. The van der Waals surface area contributed by atoms with Gasteiger partial charge in [0.2, 0.25) is 5.91 Å². The van der Waals surface area contributed by atoms with Crippen molar-refractivity contribution in [3.63, 3.8) is 0 Å². The van der Waals surface area contributed by atoms with Crippen LogP contribution in [0.25, 0.3) is 10.8 Å². The average molecular weight is 605 g/mol. The molecule has 0 fully saturated rings. The Bertz CT molecular complexity index is 1730. The predicted octanol–water partition coefficient (Wildman–Crippen LogP) is 5.81. The molecule has 8 nitrogen and oxygen atoms in total. The highest BCUT2D eigenvalue weighted by Gasteiger charge is 2.38. The zero-order valence-corrected chi connectivity index (χ0v) is 26.3. The fraction of sp³-hybridized carbons (Fsp3) is 0.297. The Balaban J connectivity index is 1.57. The Morgan fingerprint density at radius 1 is 0.889 bits per heavy atom. The van der Waals surface area contributed by atoms with Gasteiger partial charge in [0.05, 0.1) is 30.5 Å². The molecule has 2 N–H and O–H groups in total. The summed E-state index contributed by atoms with van der Waals surface area (Å²) in [5.41, 5.74) is 4.12.